The molecule has 0 radical (unpaired) electrons. The number of unbranched alkanes of at least 4 members (excludes halogenated alkanes) is 6. The van der Waals surface area contributed by atoms with Crippen molar-refractivity contribution in [3.05, 3.63) is 11.3 Å². The second kappa shape index (κ2) is 8.92. The third kappa shape index (κ3) is 9.83. The monoisotopic (exact) mass is 190 g/mol. The third-order valence-corrected chi connectivity index (χ3v) is 2.02. The maximum atomic E-state index is 8.62. The van der Waals surface area contributed by atoms with E-state index in [1.54, 1.807) is 6.08 Å². The topological polar surface area (TPSA) is 20.2 Å². The molecule has 2 heteroatoms. The van der Waals surface area contributed by atoms with Crippen LogP contribution >= 0.6 is 11.6 Å². The lowest BCUT2D eigenvalue weighted by atomic mass is 10.1. The van der Waals surface area contributed by atoms with Crippen molar-refractivity contribution in [3.8, 4) is 0 Å². The van der Waals surface area contributed by atoms with E-state index in [1.807, 2.05) is 0 Å². The Morgan fingerprint density at radius 3 is 2.33 bits per heavy atom. The molecule has 0 saturated heterocycles. The van der Waals surface area contributed by atoms with Crippen molar-refractivity contribution in [3.63, 3.8) is 0 Å². The minimum Gasteiger partial charge on any atom is -0.499 e. The van der Waals surface area contributed by atoms with Crippen LogP contribution in [0.25, 0.3) is 0 Å². The smallest absolute Gasteiger partial charge is 0.180 e. The standard InChI is InChI=1S/C10H19ClO/c1-2-3-4-5-6-7-8-9-10(11)12/h9,12H,2-8H2,1H3. The van der Waals surface area contributed by atoms with Crippen molar-refractivity contribution in [2.24, 2.45) is 0 Å². The highest BCUT2D eigenvalue weighted by Gasteiger charge is 1.89. The molecule has 0 aliphatic heterocycles. The minimum atomic E-state index is -0.0661. The molecule has 0 atom stereocenters. The summed E-state index contributed by atoms with van der Waals surface area (Å²) in [6.07, 6.45) is 10.3. The SMILES string of the molecule is CCCCCCCCC=C(O)Cl. The molecular formula is C10H19ClO. The molecule has 0 unspecified atom stereocenters. The van der Waals surface area contributed by atoms with Gasteiger partial charge in [0.25, 0.3) is 0 Å². The number of halogens is 1. The largest absolute Gasteiger partial charge is 0.499 e. The Bertz CT molecular complexity index is 117. The van der Waals surface area contributed by atoms with Crippen LogP contribution in [0.5, 0.6) is 0 Å². The normalized spacial score (nSPS) is 12.0. The van der Waals surface area contributed by atoms with Crippen molar-refractivity contribution in [1.29, 1.82) is 0 Å². The van der Waals surface area contributed by atoms with Crippen LogP contribution in [0.4, 0.5) is 0 Å². The second-order valence-electron chi connectivity index (χ2n) is 3.08. The van der Waals surface area contributed by atoms with Crippen molar-refractivity contribution < 1.29 is 5.11 Å². The molecule has 0 bridgehead atoms. The highest BCUT2D eigenvalue weighted by atomic mass is 35.5. The molecule has 0 aromatic rings. The first-order chi connectivity index (χ1) is 5.77. The van der Waals surface area contributed by atoms with Gasteiger partial charge in [0, 0.05) is 0 Å². The summed E-state index contributed by atoms with van der Waals surface area (Å²) < 4.78 is 0. The van der Waals surface area contributed by atoms with E-state index < -0.39 is 0 Å². The van der Waals surface area contributed by atoms with Crippen LogP contribution in [0.1, 0.15) is 51.9 Å². The van der Waals surface area contributed by atoms with Gasteiger partial charge in [-0.3, -0.25) is 0 Å². The molecule has 0 saturated carbocycles. The van der Waals surface area contributed by atoms with Gasteiger partial charge in [0.2, 0.25) is 0 Å². The molecule has 0 spiro atoms. The predicted molar refractivity (Wildman–Crippen MR) is 54.6 cm³/mol. The zero-order chi connectivity index (χ0) is 9.23. The Morgan fingerprint density at radius 2 is 1.75 bits per heavy atom. The Hall–Kier alpha value is -0.170. The summed E-state index contributed by atoms with van der Waals surface area (Å²) in [5, 5.41) is 8.55. The predicted octanol–water partition coefficient (Wildman–Crippen LogP) is 4.38. The Balaban J connectivity index is 2.96. The fourth-order valence-electron chi connectivity index (χ4n) is 1.15. The third-order valence-electron chi connectivity index (χ3n) is 1.87. The molecule has 1 nitrogen and oxygen atoms in total. The lowest BCUT2D eigenvalue weighted by Gasteiger charge is -1.97. The van der Waals surface area contributed by atoms with Gasteiger partial charge in [0.05, 0.1) is 0 Å². The quantitative estimate of drug-likeness (QED) is 0.467. The highest BCUT2D eigenvalue weighted by Crippen LogP contribution is 2.08. The summed E-state index contributed by atoms with van der Waals surface area (Å²) in [5.74, 6) is 0. The summed E-state index contributed by atoms with van der Waals surface area (Å²) in [6, 6.07) is 0. The van der Waals surface area contributed by atoms with E-state index in [0.717, 1.165) is 12.8 Å². The van der Waals surface area contributed by atoms with E-state index in [9.17, 15) is 0 Å². The molecular weight excluding hydrogens is 172 g/mol. The first kappa shape index (κ1) is 11.8. The van der Waals surface area contributed by atoms with Crippen LogP contribution in [0.15, 0.2) is 11.3 Å². The lowest BCUT2D eigenvalue weighted by molar-refractivity contribution is 0.448. The zero-order valence-corrected chi connectivity index (χ0v) is 8.61. The van der Waals surface area contributed by atoms with Gasteiger partial charge in [0.15, 0.2) is 5.22 Å². The van der Waals surface area contributed by atoms with E-state index in [1.165, 1.54) is 32.1 Å². The molecule has 72 valence electrons. The van der Waals surface area contributed by atoms with Crippen LogP contribution in [0, 0.1) is 0 Å². The average Bonchev–Trinajstić information content (AvgIpc) is 2.02. The van der Waals surface area contributed by atoms with Crippen LogP contribution in [-0.2, 0) is 0 Å². The van der Waals surface area contributed by atoms with Crippen molar-refractivity contribution >= 4 is 11.6 Å². The lowest BCUT2D eigenvalue weighted by Crippen LogP contribution is -1.78. The number of allylic oxidation sites excluding steroid dienone is 1. The zero-order valence-electron chi connectivity index (χ0n) is 7.85. The molecule has 0 aromatic carbocycles. The number of aliphatic hydroxyl groups is 1. The molecule has 0 rings (SSSR count). The van der Waals surface area contributed by atoms with Gasteiger partial charge in [-0.15, -0.1) is 0 Å². The number of rotatable bonds is 7. The van der Waals surface area contributed by atoms with Crippen LogP contribution < -0.4 is 0 Å². The maximum Gasteiger partial charge on any atom is 0.180 e. The first-order valence-electron chi connectivity index (χ1n) is 4.82. The fraction of sp³-hybridized carbons (Fsp3) is 0.800. The van der Waals surface area contributed by atoms with Crippen LogP contribution in [0.2, 0.25) is 0 Å². The van der Waals surface area contributed by atoms with Gasteiger partial charge < -0.3 is 5.11 Å². The number of aliphatic hydroxyl groups excluding tert-OH is 1. The second-order valence-corrected chi connectivity index (χ2v) is 3.47. The van der Waals surface area contributed by atoms with E-state index >= 15 is 0 Å². The van der Waals surface area contributed by atoms with E-state index in [4.69, 9.17) is 16.7 Å². The molecule has 0 aromatic heterocycles. The minimum absolute atomic E-state index is 0.0661. The van der Waals surface area contributed by atoms with E-state index in [0.29, 0.717) is 0 Å². The molecule has 1 N–H and O–H groups in total. The van der Waals surface area contributed by atoms with Crippen LogP contribution in [-0.4, -0.2) is 5.11 Å². The Kier molecular flexibility index (Phi) is 8.80. The van der Waals surface area contributed by atoms with Crippen LogP contribution in [0.3, 0.4) is 0 Å². The van der Waals surface area contributed by atoms with Crippen molar-refractivity contribution in [2.45, 2.75) is 51.9 Å². The summed E-state index contributed by atoms with van der Waals surface area (Å²) in [7, 11) is 0. The molecule has 0 fully saturated rings. The van der Waals surface area contributed by atoms with Gasteiger partial charge in [-0.2, -0.15) is 0 Å². The highest BCUT2D eigenvalue weighted by molar-refractivity contribution is 6.27. The molecule has 0 heterocycles. The van der Waals surface area contributed by atoms with E-state index in [-0.39, 0.29) is 5.22 Å². The molecule has 0 aliphatic carbocycles. The van der Waals surface area contributed by atoms with Gasteiger partial charge in [-0.25, -0.2) is 0 Å². The number of hydrogen-bond acceptors (Lipinski definition) is 1. The van der Waals surface area contributed by atoms with Gasteiger partial charge >= 0.3 is 0 Å². The summed E-state index contributed by atoms with van der Waals surface area (Å²) in [5.41, 5.74) is 0. The molecule has 0 amide bonds. The summed E-state index contributed by atoms with van der Waals surface area (Å²) in [4.78, 5) is 0. The van der Waals surface area contributed by atoms with Gasteiger partial charge in [0.1, 0.15) is 0 Å². The molecule has 0 aliphatic rings. The Morgan fingerprint density at radius 1 is 1.17 bits per heavy atom. The van der Waals surface area contributed by atoms with Gasteiger partial charge in [-0.05, 0) is 30.5 Å². The van der Waals surface area contributed by atoms with Crippen molar-refractivity contribution in [1.82, 2.24) is 0 Å². The van der Waals surface area contributed by atoms with Gasteiger partial charge in [-0.1, -0.05) is 39.0 Å². The average molecular weight is 191 g/mol. The maximum absolute atomic E-state index is 8.62. The number of hydrogen-bond donors (Lipinski definition) is 1. The Labute approximate surface area is 80.4 Å². The van der Waals surface area contributed by atoms with Crippen molar-refractivity contribution in [2.75, 3.05) is 0 Å². The van der Waals surface area contributed by atoms with E-state index in [2.05, 4.69) is 6.92 Å². The summed E-state index contributed by atoms with van der Waals surface area (Å²) >= 11 is 5.26. The first-order valence-corrected chi connectivity index (χ1v) is 5.19. The molecule has 12 heavy (non-hydrogen) atoms. The fourth-order valence-corrected chi connectivity index (χ4v) is 1.25. The summed E-state index contributed by atoms with van der Waals surface area (Å²) in [6.45, 7) is 2.22.